The molecule has 1 fully saturated rings. The summed E-state index contributed by atoms with van der Waals surface area (Å²) in [6, 6.07) is 3.63. The zero-order chi connectivity index (χ0) is 16.7. The van der Waals surface area contributed by atoms with E-state index in [0.29, 0.717) is 35.3 Å². The lowest BCUT2D eigenvalue weighted by Gasteiger charge is -2.00. The Kier molecular flexibility index (Phi) is 3.63. The van der Waals surface area contributed by atoms with Gasteiger partial charge in [0.05, 0.1) is 0 Å². The number of aromatic nitrogens is 3. The zero-order valence-corrected chi connectivity index (χ0v) is 13.0. The van der Waals surface area contributed by atoms with Gasteiger partial charge in [-0.15, -0.1) is 0 Å². The fraction of sp³-hybridized carbons (Fsp3) is 0.353. The topological polar surface area (TPSA) is 65.0 Å². The van der Waals surface area contributed by atoms with E-state index < -0.39 is 11.6 Å². The van der Waals surface area contributed by atoms with E-state index in [-0.39, 0.29) is 11.8 Å². The molecule has 124 valence electrons. The lowest BCUT2D eigenvalue weighted by molar-refractivity contribution is 0.378. The van der Waals surface area contributed by atoms with Crippen molar-refractivity contribution in [1.29, 1.82) is 0 Å². The molecule has 0 spiro atoms. The number of oxazole rings is 1. The first kappa shape index (κ1) is 15.0. The second kappa shape index (κ2) is 5.81. The minimum atomic E-state index is -0.581. The monoisotopic (exact) mass is 331 g/mol. The van der Waals surface area contributed by atoms with Crippen LogP contribution in [0.4, 0.5) is 8.78 Å². The molecular formula is C17H15F2N3O2. The number of halogens is 2. The van der Waals surface area contributed by atoms with Crippen LogP contribution in [0.1, 0.15) is 48.9 Å². The van der Waals surface area contributed by atoms with Crippen molar-refractivity contribution >= 4 is 0 Å². The first-order chi connectivity index (χ1) is 11.7. The third-order valence-corrected chi connectivity index (χ3v) is 4.16. The predicted octanol–water partition coefficient (Wildman–Crippen LogP) is 4.23. The van der Waals surface area contributed by atoms with Crippen LogP contribution >= 0.6 is 0 Å². The van der Waals surface area contributed by atoms with Gasteiger partial charge in [-0.25, -0.2) is 13.8 Å². The number of rotatable bonds is 5. The van der Waals surface area contributed by atoms with E-state index in [0.717, 1.165) is 18.9 Å². The molecule has 0 unspecified atom stereocenters. The molecule has 4 rings (SSSR count). The predicted molar refractivity (Wildman–Crippen MR) is 80.2 cm³/mol. The summed E-state index contributed by atoms with van der Waals surface area (Å²) in [5.74, 6) is 0.210. The van der Waals surface area contributed by atoms with Gasteiger partial charge < -0.3 is 8.94 Å². The van der Waals surface area contributed by atoms with Crippen molar-refractivity contribution in [2.45, 2.75) is 38.0 Å². The maximum atomic E-state index is 13.8. The highest BCUT2D eigenvalue weighted by Gasteiger charge is 2.45. The molecule has 0 radical (unpaired) electrons. The van der Waals surface area contributed by atoms with Crippen molar-refractivity contribution in [2.75, 3.05) is 0 Å². The molecule has 0 aliphatic heterocycles. The van der Waals surface area contributed by atoms with Gasteiger partial charge in [-0.3, -0.25) is 0 Å². The first-order valence-corrected chi connectivity index (χ1v) is 7.89. The highest BCUT2D eigenvalue weighted by atomic mass is 19.1. The van der Waals surface area contributed by atoms with Gasteiger partial charge >= 0.3 is 0 Å². The van der Waals surface area contributed by atoms with E-state index in [1.54, 1.807) is 0 Å². The number of hydrogen-bond acceptors (Lipinski definition) is 5. The van der Waals surface area contributed by atoms with Crippen molar-refractivity contribution in [1.82, 2.24) is 15.1 Å². The summed E-state index contributed by atoms with van der Waals surface area (Å²) in [6.07, 6.45) is 3.89. The largest absolute Gasteiger partial charge is 0.448 e. The summed E-state index contributed by atoms with van der Waals surface area (Å²) in [5.41, 5.74) is 1.01. The molecule has 0 amide bonds. The standard InChI is InChI=1S/C17H15F2N3O2/c1-2-3-15-20-14(8-23-15)16-21-17(24-22-16)12-7-11(12)10-5-4-9(18)6-13(10)19/h4-6,8,11-12H,2-3,7H2,1H3/t11-,12+/m0/s1. The highest BCUT2D eigenvalue weighted by Crippen LogP contribution is 2.54. The van der Waals surface area contributed by atoms with Crippen LogP contribution < -0.4 is 0 Å². The second-order valence-corrected chi connectivity index (χ2v) is 5.95. The molecule has 0 N–H and O–H groups in total. The molecular weight excluding hydrogens is 316 g/mol. The van der Waals surface area contributed by atoms with Gasteiger partial charge in [0.1, 0.15) is 23.6 Å². The summed E-state index contributed by atoms with van der Waals surface area (Å²) < 4.78 is 37.5. The Hall–Kier alpha value is -2.57. The van der Waals surface area contributed by atoms with Crippen LogP contribution in [0.2, 0.25) is 0 Å². The molecule has 7 heteroatoms. The van der Waals surface area contributed by atoms with Crippen LogP contribution in [0.5, 0.6) is 0 Å². The Bertz CT molecular complexity index is 874. The average molecular weight is 331 g/mol. The molecule has 2 heterocycles. The van der Waals surface area contributed by atoms with Gasteiger partial charge in [0.25, 0.3) is 0 Å². The van der Waals surface area contributed by atoms with Crippen molar-refractivity contribution in [2.24, 2.45) is 0 Å². The summed E-state index contributed by atoms with van der Waals surface area (Å²) in [5, 5.41) is 3.92. The van der Waals surface area contributed by atoms with Crippen molar-refractivity contribution in [3.63, 3.8) is 0 Å². The van der Waals surface area contributed by atoms with E-state index in [1.165, 1.54) is 18.4 Å². The van der Waals surface area contributed by atoms with E-state index >= 15 is 0 Å². The summed E-state index contributed by atoms with van der Waals surface area (Å²) in [4.78, 5) is 8.65. The van der Waals surface area contributed by atoms with Crippen LogP contribution in [-0.2, 0) is 6.42 Å². The van der Waals surface area contributed by atoms with Gasteiger partial charge in [0, 0.05) is 18.4 Å². The lowest BCUT2D eigenvalue weighted by atomic mass is 10.1. The van der Waals surface area contributed by atoms with Crippen LogP contribution in [0.3, 0.4) is 0 Å². The van der Waals surface area contributed by atoms with E-state index in [2.05, 4.69) is 15.1 Å². The third-order valence-electron chi connectivity index (χ3n) is 4.16. The normalized spacial score (nSPS) is 19.6. The Balaban J connectivity index is 1.51. The number of aryl methyl sites for hydroxylation is 1. The molecule has 1 saturated carbocycles. The van der Waals surface area contributed by atoms with Crippen LogP contribution in [-0.4, -0.2) is 15.1 Å². The maximum absolute atomic E-state index is 13.8. The van der Waals surface area contributed by atoms with Crippen LogP contribution in [0.15, 0.2) is 33.4 Å². The quantitative estimate of drug-likeness (QED) is 0.700. The minimum absolute atomic E-state index is 0.0479. The van der Waals surface area contributed by atoms with Crippen LogP contribution in [0, 0.1) is 11.6 Å². The number of benzene rings is 1. The Labute approximate surface area is 136 Å². The van der Waals surface area contributed by atoms with E-state index in [1.807, 2.05) is 6.92 Å². The third kappa shape index (κ3) is 2.70. The lowest BCUT2D eigenvalue weighted by Crippen LogP contribution is -1.91. The molecule has 1 aromatic carbocycles. The SMILES string of the molecule is CCCc1nc(-c2noc([C@@H]3C[C@H]3c3ccc(F)cc3F)n2)co1. The Morgan fingerprint density at radius 1 is 1.21 bits per heavy atom. The molecule has 1 aliphatic rings. The number of hydrogen-bond donors (Lipinski definition) is 0. The Morgan fingerprint density at radius 3 is 2.88 bits per heavy atom. The fourth-order valence-corrected chi connectivity index (χ4v) is 2.85. The van der Waals surface area contributed by atoms with E-state index in [9.17, 15) is 8.78 Å². The Morgan fingerprint density at radius 2 is 2.08 bits per heavy atom. The minimum Gasteiger partial charge on any atom is -0.448 e. The van der Waals surface area contributed by atoms with Gasteiger partial charge in [0.2, 0.25) is 11.7 Å². The zero-order valence-electron chi connectivity index (χ0n) is 13.0. The maximum Gasteiger partial charge on any atom is 0.230 e. The molecule has 0 saturated heterocycles. The molecule has 2 aromatic heterocycles. The number of nitrogens with zero attached hydrogens (tertiary/aromatic N) is 3. The molecule has 0 bridgehead atoms. The van der Waals surface area contributed by atoms with Crippen LogP contribution in [0.25, 0.3) is 11.5 Å². The average Bonchev–Trinajstić information content (AvgIpc) is 2.97. The van der Waals surface area contributed by atoms with Crippen molar-refractivity contribution in [3.05, 3.63) is 53.4 Å². The fourth-order valence-electron chi connectivity index (χ4n) is 2.85. The van der Waals surface area contributed by atoms with Gasteiger partial charge in [-0.2, -0.15) is 4.98 Å². The molecule has 24 heavy (non-hydrogen) atoms. The summed E-state index contributed by atoms with van der Waals surface area (Å²) >= 11 is 0. The van der Waals surface area contributed by atoms with Crippen molar-refractivity contribution < 1.29 is 17.7 Å². The second-order valence-electron chi connectivity index (χ2n) is 5.95. The first-order valence-electron chi connectivity index (χ1n) is 7.89. The summed E-state index contributed by atoms with van der Waals surface area (Å²) in [6.45, 7) is 2.04. The van der Waals surface area contributed by atoms with E-state index in [4.69, 9.17) is 8.94 Å². The molecule has 2 atom stereocenters. The summed E-state index contributed by atoms with van der Waals surface area (Å²) in [7, 11) is 0. The van der Waals surface area contributed by atoms with Gasteiger partial charge in [0.15, 0.2) is 5.89 Å². The van der Waals surface area contributed by atoms with Crippen molar-refractivity contribution in [3.8, 4) is 11.5 Å². The van der Waals surface area contributed by atoms with Gasteiger partial charge in [-0.1, -0.05) is 18.1 Å². The highest BCUT2D eigenvalue weighted by molar-refractivity contribution is 5.46. The molecule has 5 nitrogen and oxygen atoms in total. The van der Waals surface area contributed by atoms with Gasteiger partial charge in [-0.05, 0) is 30.4 Å². The molecule has 1 aliphatic carbocycles. The smallest absolute Gasteiger partial charge is 0.230 e. The molecule has 3 aromatic rings.